The molecule has 1 saturated heterocycles. The maximum absolute atomic E-state index is 12.5. The van der Waals surface area contributed by atoms with E-state index < -0.39 is 10.0 Å². The average molecular weight is 403 g/mol. The number of benzene rings is 2. The van der Waals surface area contributed by atoms with E-state index in [1.54, 1.807) is 29.2 Å². The molecule has 8 nitrogen and oxygen atoms in total. The molecule has 2 aromatic carbocycles. The Morgan fingerprint density at radius 1 is 0.929 bits per heavy atom. The van der Waals surface area contributed by atoms with Crippen molar-refractivity contribution in [2.24, 2.45) is 0 Å². The molecule has 1 fully saturated rings. The molecule has 0 bridgehead atoms. The maximum Gasteiger partial charge on any atom is 0.261 e. The van der Waals surface area contributed by atoms with Crippen molar-refractivity contribution in [2.75, 3.05) is 36.3 Å². The Bertz CT molecular complexity index is 950. The minimum atomic E-state index is -3.79. The first-order valence-electron chi connectivity index (χ1n) is 8.73. The summed E-state index contributed by atoms with van der Waals surface area (Å²) < 4.78 is 32.7. The van der Waals surface area contributed by atoms with Gasteiger partial charge in [-0.3, -0.25) is 14.3 Å². The van der Waals surface area contributed by atoms with Crippen LogP contribution >= 0.6 is 0 Å². The molecule has 3 rings (SSSR count). The quantitative estimate of drug-likeness (QED) is 0.794. The summed E-state index contributed by atoms with van der Waals surface area (Å²) in [5.41, 5.74) is 1.35. The Labute approximate surface area is 163 Å². The van der Waals surface area contributed by atoms with Gasteiger partial charge in [0.05, 0.1) is 18.1 Å². The minimum Gasteiger partial charge on any atom is -0.378 e. The molecule has 28 heavy (non-hydrogen) atoms. The van der Waals surface area contributed by atoms with Crippen LogP contribution in [0.15, 0.2) is 53.4 Å². The lowest BCUT2D eigenvalue weighted by atomic mass is 10.2. The van der Waals surface area contributed by atoms with Gasteiger partial charge < -0.3 is 15.0 Å². The van der Waals surface area contributed by atoms with Crippen molar-refractivity contribution >= 4 is 33.2 Å². The third kappa shape index (κ3) is 4.87. The van der Waals surface area contributed by atoms with E-state index in [0.717, 1.165) is 0 Å². The van der Waals surface area contributed by atoms with Crippen molar-refractivity contribution in [3.63, 3.8) is 0 Å². The number of morpholine rings is 1. The van der Waals surface area contributed by atoms with Crippen molar-refractivity contribution in [2.45, 2.75) is 11.8 Å². The molecule has 148 valence electrons. The van der Waals surface area contributed by atoms with Gasteiger partial charge in [-0.1, -0.05) is 0 Å². The smallest absolute Gasteiger partial charge is 0.261 e. The third-order valence-corrected chi connectivity index (χ3v) is 5.56. The summed E-state index contributed by atoms with van der Waals surface area (Å²) in [6, 6.07) is 12.1. The van der Waals surface area contributed by atoms with E-state index in [1.807, 2.05) is 0 Å². The predicted molar refractivity (Wildman–Crippen MR) is 105 cm³/mol. The van der Waals surface area contributed by atoms with Gasteiger partial charge in [-0.2, -0.15) is 0 Å². The van der Waals surface area contributed by atoms with Crippen LogP contribution in [0, 0.1) is 0 Å². The second-order valence-corrected chi connectivity index (χ2v) is 7.98. The molecule has 1 aliphatic heterocycles. The molecule has 1 heterocycles. The molecule has 0 spiro atoms. The number of carbonyl (C=O) groups is 2. The fraction of sp³-hybridized carbons (Fsp3) is 0.263. The molecule has 0 atom stereocenters. The number of hydrogen-bond donors (Lipinski definition) is 2. The molecule has 0 unspecified atom stereocenters. The van der Waals surface area contributed by atoms with E-state index in [1.165, 1.54) is 31.2 Å². The topological polar surface area (TPSA) is 105 Å². The summed E-state index contributed by atoms with van der Waals surface area (Å²) in [6.45, 7) is 3.50. The Morgan fingerprint density at radius 2 is 1.50 bits per heavy atom. The lowest BCUT2D eigenvalue weighted by Crippen LogP contribution is -2.40. The second-order valence-electron chi connectivity index (χ2n) is 6.29. The Hall–Kier alpha value is -2.91. The molecule has 0 aliphatic carbocycles. The largest absolute Gasteiger partial charge is 0.378 e. The van der Waals surface area contributed by atoms with Crippen LogP contribution in [0.2, 0.25) is 0 Å². The molecule has 2 N–H and O–H groups in total. The lowest BCUT2D eigenvalue weighted by Gasteiger charge is -2.26. The molecule has 9 heteroatoms. The average Bonchev–Trinajstić information content (AvgIpc) is 2.68. The molecule has 0 aromatic heterocycles. The number of ether oxygens (including phenoxy) is 1. The molecule has 1 aliphatic rings. The van der Waals surface area contributed by atoms with Crippen molar-refractivity contribution in [3.8, 4) is 0 Å². The van der Waals surface area contributed by atoms with E-state index in [9.17, 15) is 18.0 Å². The number of nitrogens with zero attached hydrogens (tertiary/aromatic N) is 1. The fourth-order valence-corrected chi connectivity index (χ4v) is 3.82. The molecule has 0 radical (unpaired) electrons. The summed E-state index contributed by atoms with van der Waals surface area (Å²) in [5.74, 6) is -0.341. The van der Waals surface area contributed by atoms with Gasteiger partial charge in [-0.05, 0) is 48.5 Å². The third-order valence-electron chi connectivity index (χ3n) is 4.17. The molecule has 2 aromatic rings. The first-order valence-corrected chi connectivity index (χ1v) is 10.2. The predicted octanol–water partition coefficient (Wildman–Crippen LogP) is 1.92. The van der Waals surface area contributed by atoms with Gasteiger partial charge >= 0.3 is 0 Å². The lowest BCUT2D eigenvalue weighted by molar-refractivity contribution is -0.114. The van der Waals surface area contributed by atoms with Crippen LogP contribution in [0.5, 0.6) is 0 Å². The highest BCUT2D eigenvalue weighted by Gasteiger charge is 2.19. The normalized spacial score (nSPS) is 14.4. The van der Waals surface area contributed by atoms with E-state index in [-0.39, 0.29) is 16.7 Å². The van der Waals surface area contributed by atoms with Crippen LogP contribution in [-0.4, -0.2) is 51.4 Å². The summed E-state index contributed by atoms with van der Waals surface area (Å²) in [4.78, 5) is 25.2. The van der Waals surface area contributed by atoms with Crippen LogP contribution in [0.4, 0.5) is 11.4 Å². The first kappa shape index (κ1) is 19.8. The Morgan fingerprint density at radius 3 is 2.07 bits per heavy atom. The Kier molecular flexibility index (Phi) is 5.96. The second kappa shape index (κ2) is 8.41. The van der Waals surface area contributed by atoms with Gasteiger partial charge in [-0.25, -0.2) is 8.42 Å². The molecule has 2 amide bonds. The zero-order valence-corrected chi connectivity index (χ0v) is 16.2. The van der Waals surface area contributed by atoms with Crippen LogP contribution in [-0.2, 0) is 19.6 Å². The number of amides is 2. The van der Waals surface area contributed by atoms with Crippen LogP contribution < -0.4 is 10.0 Å². The summed E-state index contributed by atoms with van der Waals surface area (Å²) >= 11 is 0. The number of rotatable bonds is 5. The number of sulfonamides is 1. The minimum absolute atomic E-state index is 0.0649. The number of anilines is 2. The van der Waals surface area contributed by atoms with Crippen molar-refractivity contribution in [3.05, 3.63) is 54.1 Å². The number of carbonyl (C=O) groups excluding carboxylic acids is 2. The zero-order valence-electron chi connectivity index (χ0n) is 15.3. The number of nitrogens with one attached hydrogen (secondary N) is 2. The van der Waals surface area contributed by atoms with Gasteiger partial charge in [0, 0.05) is 37.0 Å². The van der Waals surface area contributed by atoms with E-state index in [2.05, 4.69) is 10.0 Å². The van der Waals surface area contributed by atoms with Gasteiger partial charge in [-0.15, -0.1) is 0 Å². The number of hydrogen-bond acceptors (Lipinski definition) is 5. The molecular weight excluding hydrogens is 382 g/mol. The monoisotopic (exact) mass is 403 g/mol. The van der Waals surface area contributed by atoms with Crippen molar-refractivity contribution in [1.29, 1.82) is 0 Å². The highest BCUT2D eigenvalue weighted by atomic mass is 32.2. The fourth-order valence-electron chi connectivity index (χ4n) is 2.76. The van der Waals surface area contributed by atoms with Crippen LogP contribution in [0.1, 0.15) is 17.3 Å². The van der Waals surface area contributed by atoms with Gasteiger partial charge in [0.1, 0.15) is 0 Å². The summed E-state index contributed by atoms with van der Waals surface area (Å²) in [6.07, 6.45) is 0. The highest BCUT2D eigenvalue weighted by molar-refractivity contribution is 7.92. The molecular formula is C19H21N3O5S. The summed E-state index contributed by atoms with van der Waals surface area (Å²) in [5, 5.41) is 2.58. The van der Waals surface area contributed by atoms with E-state index in [4.69, 9.17) is 4.74 Å². The maximum atomic E-state index is 12.5. The SMILES string of the molecule is CC(=O)Nc1ccc(S(=O)(=O)Nc2ccc(C(=O)N3CCOCC3)cc2)cc1. The van der Waals surface area contributed by atoms with Crippen molar-refractivity contribution < 1.29 is 22.7 Å². The van der Waals surface area contributed by atoms with Gasteiger partial charge in [0.25, 0.3) is 15.9 Å². The van der Waals surface area contributed by atoms with Crippen molar-refractivity contribution in [1.82, 2.24) is 4.90 Å². The highest BCUT2D eigenvalue weighted by Crippen LogP contribution is 2.19. The van der Waals surface area contributed by atoms with Crippen LogP contribution in [0.25, 0.3) is 0 Å². The van der Waals surface area contributed by atoms with Gasteiger partial charge in [0.2, 0.25) is 5.91 Å². The van der Waals surface area contributed by atoms with Crippen LogP contribution in [0.3, 0.4) is 0 Å². The van der Waals surface area contributed by atoms with E-state index >= 15 is 0 Å². The first-order chi connectivity index (χ1) is 13.3. The zero-order chi connectivity index (χ0) is 20.1. The summed E-state index contributed by atoms with van der Waals surface area (Å²) in [7, 11) is -3.79. The standard InChI is InChI=1S/C19H21N3O5S/c1-14(23)20-16-6-8-18(9-7-16)28(25,26)21-17-4-2-15(3-5-17)19(24)22-10-12-27-13-11-22/h2-9,21H,10-13H2,1H3,(H,20,23). The molecule has 0 saturated carbocycles. The Balaban J connectivity index is 1.68. The van der Waals surface area contributed by atoms with Gasteiger partial charge in [0.15, 0.2) is 0 Å². The van der Waals surface area contributed by atoms with E-state index in [0.29, 0.717) is 43.2 Å².